The molecule has 428 valence electrons. The Bertz CT molecular complexity index is 2630. The number of nitrogens with two attached hydrogens (primary N) is 2. The van der Waals surface area contributed by atoms with Crippen LogP contribution in [0.25, 0.3) is 0 Å². The van der Waals surface area contributed by atoms with Crippen molar-refractivity contribution < 1.29 is 34.7 Å². The molecule has 2 aliphatic heterocycles. The molecule has 15 heteroatoms. The van der Waals surface area contributed by atoms with E-state index in [9.17, 15) is 25.5 Å². The molecule has 13 rings (SSSR count). The Morgan fingerprint density at radius 3 is 2.56 bits per heavy atom. The number of phenols is 1. The van der Waals surface area contributed by atoms with Crippen LogP contribution in [0.3, 0.4) is 0 Å². The highest BCUT2D eigenvalue weighted by atomic mass is 33.1. The second-order valence-electron chi connectivity index (χ2n) is 25.8. The van der Waals surface area contributed by atoms with Crippen LogP contribution in [0.1, 0.15) is 168 Å². The zero-order valence-corrected chi connectivity index (χ0v) is 48.4. The molecule has 0 unspecified atom stereocenters. The first-order valence-electron chi connectivity index (χ1n) is 30.3. The SMILES string of the molecule is CN=C(N)N[C@@H]1CSSC[C@H]2[C@H](N)C[C@H]3C[C@H](CCc4oc(CCc5ccc(O)c(OC[C@H](O)c6cc7c([nH]6)[C@@H]6C=C[C@]8(CCC[C@H]8C68CCCC8)[C@@H]7[C@H](CCCO)NC[C@H](C)O)c5)cc4CO)CC[C@@]24C=C[C@H](C[C@@H]34)[C@H]1C. The smallest absolute Gasteiger partial charge is 0.188 e. The zero-order valence-electron chi connectivity index (χ0n) is 46.7. The number of aryl methyl sites for hydroxylation is 3. The van der Waals surface area contributed by atoms with Crippen molar-refractivity contribution >= 4 is 27.5 Å². The van der Waals surface area contributed by atoms with E-state index in [2.05, 4.69) is 57.9 Å². The minimum Gasteiger partial charge on any atom is -0.504 e. The number of aromatic hydroxyl groups is 1. The standard InChI is InChI=1S/C63H92N6O7S2/c1-37(72)32-67-50(8-7-25-70)58-45-31-51(68-59(45)46-18-24-63(58)21-6-9-57(63)62(46)19-4-5-20-62)54(74)34-75-56-27-39(11-14-53(56)73)10-13-44-28-43(33-71)55(76-44)15-12-40-16-22-61-23-17-41-29-47(61)42(26-40)30-49(64)48(61)35-77-78-36-52(38(41)2)69-60(65)66-3/h11,14,17-18,23-24,27-28,31,37-38,40-42,46-50,52,54,57-58,67-68,70-74H,4-10,12-13,15-16,19-22,25-26,29-30,32-36,64H2,1-3H3,(H3,65,66,69)/t37-,38+,40+,41+,42+,46-,47-,48-,49+,50-,52+,54-,57-,58-,61-,63-/m0/s1. The van der Waals surface area contributed by atoms with E-state index in [0.717, 1.165) is 72.0 Å². The van der Waals surface area contributed by atoms with Crippen LogP contribution in [-0.2, 0) is 25.9 Å². The largest absolute Gasteiger partial charge is 0.504 e. The van der Waals surface area contributed by atoms with Gasteiger partial charge in [-0.25, -0.2) is 0 Å². The molecule has 1 saturated heterocycles. The van der Waals surface area contributed by atoms with Crippen LogP contribution in [0, 0.1) is 57.7 Å². The van der Waals surface area contributed by atoms with E-state index in [0.29, 0.717) is 78.9 Å². The highest BCUT2D eigenvalue weighted by Gasteiger charge is 2.65. The second-order valence-corrected chi connectivity index (χ2v) is 28.3. The van der Waals surface area contributed by atoms with Crippen molar-refractivity contribution in [1.29, 1.82) is 0 Å². The number of benzene rings is 1. The van der Waals surface area contributed by atoms with Gasteiger partial charge in [-0.15, -0.1) is 0 Å². The number of nitrogens with one attached hydrogen (secondary N) is 3. The van der Waals surface area contributed by atoms with Gasteiger partial charge in [0, 0.05) is 96.9 Å². The first-order valence-corrected chi connectivity index (χ1v) is 32.7. The monoisotopic (exact) mass is 1110 g/mol. The van der Waals surface area contributed by atoms with Gasteiger partial charge in [0.05, 0.1) is 12.7 Å². The summed E-state index contributed by atoms with van der Waals surface area (Å²) in [5.41, 5.74) is 18.7. The Kier molecular flexibility index (Phi) is 17.2. The van der Waals surface area contributed by atoms with Crippen LogP contribution in [0.15, 0.2) is 64.0 Å². The quantitative estimate of drug-likeness (QED) is 0.0234. The number of hydrogen-bond donors (Lipinski definition) is 10. The van der Waals surface area contributed by atoms with E-state index in [-0.39, 0.29) is 71.8 Å². The number of allylic oxidation sites excluding steroid dienone is 4. The van der Waals surface area contributed by atoms with E-state index >= 15 is 0 Å². The van der Waals surface area contributed by atoms with Crippen molar-refractivity contribution in [2.45, 2.75) is 178 Å². The summed E-state index contributed by atoms with van der Waals surface area (Å²) in [6.45, 7) is 4.72. The van der Waals surface area contributed by atoms with Crippen molar-refractivity contribution in [3.63, 3.8) is 0 Å². The summed E-state index contributed by atoms with van der Waals surface area (Å²) in [6, 6.07) is 10.2. The van der Waals surface area contributed by atoms with E-state index in [1.165, 1.54) is 75.5 Å². The van der Waals surface area contributed by atoms with Crippen molar-refractivity contribution in [1.82, 2.24) is 15.6 Å². The third-order valence-electron chi connectivity index (χ3n) is 21.7. The number of rotatable bonds is 19. The molecular formula is C63H92N6O7S2. The number of H-pyrrole nitrogens is 1. The summed E-state index contributed by atoms with van der Waals surface area (Å²) < 4.78 is 12.9. The molecular weight excluding hydrogens is 1020 g/mol. The number of furan rings is 1. The second kappa shape index (κ2) is 23.8. The number of guanidine groups is 1. The number of aliphatic hydroxyl groups excluding tert-OH is 4. The van der Waals surface area contributed by atoms with Gasteiger partial charge < -0.3 is 61.8 Å². The predicted octanol–water partition coefficient (Wildman–Crippen LogP) is 9.72. The molecule has 3 aromatic rings. The van der Waals surface area contributed by atoms with Crippen molar-refractivity contribution in [3.05, 3.63) is 94.2 Å². The lowest BCUT2D eigenvalue weighted by atomic mass is 9.50. The molecule has 5 fully saturated rings. The van der Waals surface area contributed by atoms with Crippen LogP contribution >= 0.6 is 21.6 Å². The minimum absolute atomic E-state index is 0.0229. The number of aromatic nitrogens is 1. The molecule has 4 heterocycles. The maximum atomic E-state index is 12.0. The fraction of sp³-hybridized carbons (Fsp3) is 0.698. The molecule has 1 aromatic carbocycles. The summed E-state index contributed by atoms with van der Waals surface area (Å²) in [6.07, 6.45) is 27.7. The number of phenolic OH excluding ortho intramolecular Hbond substituents is 1. The number of ether oxygens (including phenoxy) is 1. The van der Waals surface area contributed by atoms with Crippen LogP contribution in [-0.4, -0.2) is 99.0 Å². The first-order chi connectivity index (χ1) is 37.8. The number of aliphatic hydroxyl groups is 4. The van der Waals surface area contributed by atoms with E-state index in [4.69, 9.17) is 20.6 Å². The number of hydrogen-bond acceptors (Lipinski definition) is 12. The van der Waals surface area contributed by atoms with Gasteiger partial charge in [-0.2, -0.15) is 0 Å². The number of aliphatic imine (C=N–C) groups is 1. The predicted molar refractivity (Wildman–Crippen MR) is 313 cm³/mol. The molecule has 8 aliphatic carbocycles. The van der Waals surface area contributed by atoms with E-state index in [1.807, 2.05) is 46.7 Å². The topological polar surface area (TPSA) is 228 Å². The molecule has 12 N–H and O–H groups in total. The fourth-order valence-corrected chi connectivity index (χ4v) is 20.9. The number of aromatic amines is 1. The zero-order chi connectivity index (χ0) is 54.3. The lowest BCUT2D eigenvalue weighted by molar-refractivity contribution is -0.00529. The summed E-state index contributed by atoms with van der Waals surface area (Å²) >= 11 is 0. The Labute approximate surface area is 471 Å². The van der Waals surface area contributed by atoms with Crippen LogP contribution in [0.5, 0.6) is 11.5 Å². The molecule has 10 aliphatic rings. The molecule has 7 bridgehead atoms. The maximum absolute atomic E-state index is 12.0. The van der Waals surface area contributed by atoms with Crippen LogP contribution in [0.4, 0.5) is 0 Å². The van der Waals surface area contributed by atoms with Gasteiger partial charge in [-0.05, 0) is 178 Å². The van der Waals surface area contributed by atoms with Crippen molar-refractivity contribution in [3.8, 4) is 11.5 Å². The summed E-state index contributed by atoms with van der Waals surface area (Å²) in [5, 5.41) is 61.5. The van der Waals surface area contributed by atoms with Crippen molar-refractivity contribution in [2.75, 3.05) is 38.3 Å². The molecule has 2 aromatic heterocycles. The third-order valence-corrected chi connectivity index (χ3v) is 24.2. The van der Waals surface area contributed by atoms with Gasteiger partial charge in [0.2, 0.25) is 0 Å². The molecule has 3 spiro atoms. The summed E-state index contributed by atoms with van der Waals surface area (Å²) in [7, 11) is 5.71. The number of nitrogens with zero attached hydrogens (tertiary/aromatic N) is 1. The van der Waals surface area contributed by atoms with Gasteiger partial charge in [-0.1, -0.05) is 78.1 Å². The lowest BCUT2D eigenvalue weighted by Crippen LogP contribution is -2.56. The minimum atomic E-state index is -0.964. The van der Waals surface area contributed by atoms with Crippen molar-refractivity contribution in [2.24, 2.45) is 74.1 Å². The Balaban J connectivity index is 0.745. The molecule has 13 nitrogen and oxygen atoms in total. The maximum Gasteiger partial charge on any atom is 0.188 e. The average Bonchev–Trinajstić information content (AvgIpc) is 4.00. The Hall–Kier alpha value is -3.41. The van der Waals surface area contributed by atoms with Gasteiger partial charge in [0.25, 0.3) is 0 Å². The van der Waals surface area contributed by atoms with Crippen LogP contribution in [0.2, 0.25) is 0 Å². The number of fused-ring (bicyclic) bond motifs is 5. The molecule has 78 heavy (non-hydrogen) atoms. The Morgan fingerprint density at radius 1 is 0.949 bits per heavy atom. The molecule has 4 saturated carbocycles. The van der Waals surface area contributed by atoms with E-state index < -0.39 is 12.2 Å². The average molecular weight is 1110 g/mol. The van der Waals surface area contributed by atoms with Gasteiger partial charge in [-0.3, -0.25) is 4.99 Å². The van der Waals surface area contributed by atoms with Gasteiger partial charge in [0.1, 0.15) is 24.2 Å². The summed E-state index contributed by atoms with van der Waals surface area (Å²) in [5.74, 6) is 8.72. The molecule has 0 radical (unpaired) electrons. The Morgan fingerprint density at radius 2 is 1.77 bits per heavy atom. The fourth-order valence-electron chi connectivity index (χ4n) is 18.0. The highest BCUT2D eigenvalue weighted by molar-refractivity contribution is 8.76. The molecule has 0 amide bonds. The third kappa shape index (κ3) is 10.7. The first kappa shape index (κ1) is 56.5. The highest BCUT2D eigenvalue weighted by Crippen LogP contribution is 2.73. The lowest BCUT2D eigenvalue weighted by Gasteiger charge is -2.56. The van der Waals surface area contributed by atoms with Gasteiger partial charge >= 0.3 is 0 Å². The normalized spacial score (nSPS) is 34.9. The summed E-state index contributed by atoms with van der Waals surface area (Å²) in [4.78, 5) is 8.05. The van der Waals surface area contributed by atoms with Gasteiger partial charge in [0.15, 0.2) is 17.5 Å². The molecule has 16 atom stereocenters. The van der Waals surface area contributed by atoms with E-state index in [1.54, 1.807) is 13.1 Å². The van der Waals surface area contributed by atoms with Crippen LogP contribution < -0.4 is 26.8 Å².